The maximum atomic E-state index is 15.3. The van der Waals surface area contributed by atoms with E-state index in [4.69, 9.17) is 5.14 Å². The Morgan fingerprint density at radius 1 is 1.10 bits per heavy atom. The molecular weight excluding hydrogens is 417 g/mol. The van der Waals surface area contributed by atoms with Gasteiger partial charge in [-0.2, -0.15) is 0 Å². The summed E-state index contributed by atoms with van der Waals surface area (Å²) in [6.45, 7) is 1.60. The van der Waals surface area contributed by atoms with Crippen LogP contribution >= 0.6 is 0 Å². The van der Waals surface area contributed by atoms with Crippen LogP contribution in [0.25, 0.3) is 22.2 Å². The molecule has 158 valence electrons. The number of nitrogens with one attached hydrogen (secondary N) is 1. The Morgan fingerprint density at radius 2 is 1.84 bits per heavy atom. The third kappa shape index (κ3) is 3.87. The van der Waals surface area contributed by atoms with Crippen molar-refractivity contribution in [1.82, 2.24) is 9.97 Å². The summed E-state index contributed by atoms with van der Waals surface area (Å²) in [5.74, 6) is -1.45. The molecule has 0 fully saturated rings. The summed E-state index contributed by atoms with van der Waals surface area (Å²) in [4.78, 5) is 20.5. The average Bonchev–Trinajstić information content (AvgIpc) is 3.18. The van der Waals surface area contributed by atoms with E-state index in [0.717, 1.165) is 11.1 Å². The van der Waals surface area contributed by atoms with Gasteiger partial charge < -0.3 is 4.98 Å². The summed E-state index contributed by atoms with van der Waals surface area (Å²) < 4.78 is 39.0. The lowest BCUT2D eigenvalue weighted by atomic mass is 9.98. The van der Waals surface area contributed by atoms with Gasteiger partial charge in [0.05, 0.1) is 5.56 Å². The number of benzene rings is 2. The fourth-order valence-corrected chi connectivity index (χ4v) is 4.73. The molecule has 31 heavy (non-hydrogen) atoms. The second-order valence-electron chi connectivity index (χ2n) is 7.21. The zero-order valence-electron chi connectivity index (χ0n) is 16.7. The predicted molar refractivity (Wildman–Crippen MR) is 118 cm³/mol. The van der Waals surface area contributed by atoms with Crippen LogP contribution in [0.2, 0.25) is 0 Å². The van der Waals surface area contributed by atoms with Gasteiger partial charge in [-0.15, -0.1) is 0 Å². The molecule has 0 amide bonds. The van der Waals surface area contributed by atoms with Gasteiger partial charge in [-0.3, -0.25) is 4.79 Å². The van der Waals surface area contributed by atoms with Gasteiger partial charge in [-0.1, -0.05) is 49.4 Å². The lowest BCUT2D eigenvalue weighted by Crippen LogP contribution is -2.22. The van der Waals surface area contributed by atoms with Gasteiger partial charge in [-0.05, 0) is 24.1 Å². The Bertz CT molecular complexity index is 1380. The van der Waals surface area contributed by atoms with Gasteiger partial charge in [0.25, 0.3) is 0 Å². The first kappa shape index (κ1) is 20.9. The number of carbonyl (C=O) groups excluding carboxylic acids is 1. The molecule has 0 spiro atoms. The number of aromatic nitrogens is 2. The second-order valence-corrected chi connectivity index (χ2v) is 8.96. The number of halogens is 1. The van der Waals surface area contributed by atoms with Crippen molar-refractivity contribution >= 4 is 26.8 Å². The highest BCUT2D eigenvalue weighted by molar-refractivity contribution is 7.89. The van der Waals surface area contributed by atoms with Crippen LogP contribution in [0.4, 0.5) is 4.39 Å². The molecule has 0 saturated carbocycles. The van der Waals surface area contributed by atoms with Crippen molar-refractivity contribution in [2.45, 2.75) is 18.6 Å². The van der Waals surface area contributed by atoms with Crippen LogP contribution in [0, 0.1) is 5.82 Å². The number of hydrogen-bond donors (Lipinski definition) is 2. The van der Waals surface area contributed by atoms with Crippen molar-refractivity contribution in [2.24, 2.45) is 5.14 Å². The molecule has 0 radical (unpaired) electrons. The van der Waals surface area contributed by atoms with E-state index in [-0.39, 0.29) is 23.1 Å². The molecule has 4 rings (SSSR count). The number of sulfonamides is 1. The smallest absolute Gasteiger partial charge is 0.216 e. The Balaban J connectivity index is 1.81. The monoisotopic (exact) mass is 437 g/mol. The molecule has 0 aliphatic rings. The molecule has 4 aromatic rings. The number of ketones is 1. The van der Waals surface area contributed by atoms with Gasteiger partial charge in [0, 0.05) is 34.5 Å². The first-order chi connectivity index (χ1) is 14.8. The molecule has 0 bridgehead atoms. The lowest BCUT2D eigenvalue weighted by Gasteiger charge is -2.15. The number of nitrogens with zero attached hydrogens (tertiary/aromatic N) is 1. The molecule has 1 atom stereocenters. The van der Waals surface area contributed by atoms with E-state index in [1.165, 1.54) is 24.4 Å². The zero-order chi connectivity index (χ0) is 22.2. The number of aromatic amines is 1. The van der Waals surface area contributed by atoms with Gasteiger partial charge in [0.2, 0.25) is 10.0 Å². The van der Waals surface area contributed by atoms with E-state index in [1.807, 2.05) is 36.4 Å². The van der Waals surface area contributed by atoms with E-state index >= 15 is 4.39 Å². The fourth-order valence-electron chi connectivity index (χ4n) is 3.73. The maximum absolute atomic E-state index is 15.3. The Morgan fingerprint density at radius 3 is 2.52 bits per heavy atom. The van der Waals surface area contributed by atoms with Crippen LogP contribution in [0.1, 0.15) is 40.1 Å². The molecule has 0 aliphatic carbocycles. The minimum atomic E-state index is -4.03. The first-order valence-electron chi connectivity index (χ1n) is 9.68. The third-order valence-corrected chi connectivity index (χ3v) is 6.65. The fraction of sp³-hybridized carbons (Fsp3) is 0.130. The predicted octanol–water partition coefficient (Wildman–Crippen LogP) is 4.34. The zero-order valence-corrected chi connectivity index (χ0v) is 17.5. The van der Waals surface area contributed by atoms with Crippen LogP contribution in [-0.4, -0.2) is 24.2 Å². The summed E-state index contributed by atoms with van der Waals surface area (Å²) in [6.07, 6.45) is 3.27. The summed E-state index contributed by atoms with van der Waals surface area (Å²) in [7, 11) is -4.03. The molecule has 2 aromatic carbocycles. The Labute approximate surface area is 179 Å². The normalized spacial score (nSPS) is 12.7. The van der Waals surface area contributed by atoms with Crippen LogP contribution in [-0.2, 0) is 10.0 Å². The first-order valence-corrected chi connectivity index (χ1v) is 11.3. The van der Waals surface area contributed by atoms with E-state index in [9.17, 15) is 13.2 Å². The van der Waals surface area contributed by atoms with Crippen molar-refractivity contribution in [3.63, 3.8) is 0 Å². The number of rotatable bonds is 6. The number of fused-ring (bicyclic) bond motifs is 1. The molecule has 8 heteroatoms. The Kier molecular flexibility index (Phi) is 5.43. The van der Waals surface area contributed by atoms with Gasteiger partial charge >= 0.3 is 0 Å². The van der Waals surface area contributed by atoms with Crippen molar-refractivity contribution in [2.75, 3.05) is 0 Å². The number of primary sulfonamides is 1. The van der Waals surface area contributed by atoms with Gasteiger partial charge in [-0.25, -0.2) is 22.9 Å². The van der Waals surface area contributed by atoms with E-state index < -0.39 is 26.9 Å². The van der Waals surface area contributed by atoms with E-state index in [2.05, 4.69) is 9.97 Å². The Hall–Kier alpha value is -3.36. The van der Waals surface area contributed by atoms with Crippen LogP contribution in [0.5, 0.6) is 0 Å². The summed E-state index contributed by atoms with van der Waals surface area (Å²) in [5.41, 5.74) is 2.17. The van der Waals surface area contributed by atoms with Crippen molar-refractivity contribution in [1.29, 1.82) is 0 Å². The quantitative estimate of drug-likeness (QED) is 0.438. The highest BCUT2D eigenvalue weighted by atomic mass is 32.2. The van der Waals surface area contributed by atoms with Gasteiger partial charge in [0.15, 0.2) is 5.78 Å². The van der Waals surface area contributed by atoms with E-state index in [1.54, 1.807) is 13.1 Å². The SMILES string of the molecule is CCC(c1cccc(C(=O)c2c[nH]c3ncc(-c4ccccc4)cc23)c1F)S(N)(=O)=O. The molecular formula is C23H20FN3O3S. The number of H-pyrrole nitrogens is 1. The van der Waals surface area contributed by atoms with Crippen LogP contribution in [0.3, 0.4) is 0 Å². The largest absolute Gasteiger partial charge is 0.345 e. The van der Waals surface area contributed by atoms with E-state index in [0.29, 0.717) is 11.0 Å². The summed E-state index contributed by atoms with van der Waals surface area (Å²) in [6, 6.07) is 15.5. The second kappa shape index (κ2) is 8.05. The topological polar surface area (TPSA) is 106 Å². The number of hydrogen-bond acceptors (Lipinski definition) is 4. The summed E-state index contributed by atoms with van der Waals surface area (Å²) >= 11 is 0. The highest BCUT2D eigenvalue weighted by Gasteiger charge is 2.28. The molecule has 1 unspecified atom stereocenters. The number of nitrogens with two attached hydrogens (primary N) is 1. The highest BCUT2D eigenvalue weighted by Crippen LogP contribution is 2.31. The van der Waals surface area contributed by atoms with Gasteiger partial charge in [0.1, 0.15) is 16.7 Å². The molecule has 6 nitrogen and oxygen atoms in total. The number of pyridine rings is 1. The molecule has 3 N–H and O–H groups in total. The van der Waals surface area contributed by atoms with Crippen molar-refractivity contribution in [3.8, 4) is 11.1 Å². The van der Waals surface area contributed by atoms with Crippen molar-refractivity contribution < 1.29 is 17.6 Å². The molecule has 0 aliphatic heterocycles. The van der Waals surface area contributed by atoms with Crippen LogP contribution < -0.4 is 5.14 Å². The van der Waals surface area contributed by atoms with Crippen LogP contribution in [0.15, 0.2) is 67.0 Å². The lowest BCUT2D eigenvalue weighted by molar-refractivity contribution is 0.103. The average molecular weight is 437 g/mol. The van der Waals surface area contributed by atoms with Crippen molar-refractivity contribution in [3.05, 3.63) is 89.5 Å². The third-order valence-electron chi connectivity index (χ3n) is 5.27. The standard InChI is InChI=1S/C23H20FN3O3S/c1-2-20(31(25,29)30)16-9-6-10-17(21(16)24)22(28)19-13-27-23-18(19)11-15(12-26-23)14-7-4-3-5-8-14/h3-13,20H,2H2,1H3,(H,26,27)(H2,25,29,30). The molecule has 0 saturated heterocycles. The maximum Gasteiger partial charge on any atom is 0.216 e. The minimum Gasteiger partial charge on any atom is -0.345 e. The molecule has 2 aromatic heterocycles. The summed E-state index contributed by atoms with van der Waals surface area (Å²) in [5, 5.41) is 4.59. The molecule has 2 heterocycles. The number of carbonyl (C=O) groups is 1. The minimum absolute atomic E-state index is 0.0881.